The molecule has 0 aliphatic carbocycles. The van der Waals surface area contributed by atoms with Crippen molar-refractivity contribution >= 4 is 10.9 Å². The number of nitrogens with zero attached hydrogens (tertiary/aromatic N) is 1. The molecule has 3 nitrogen and oxygen atoms in total. The number of H-pyrrole nitrogens is 1. The third-order valence-electron chi connectivity index (χ3n) is 5.94. The predicted molar refractivity (Wildman–Crippen MR) is 97.0 cm³/mol. The van der Waals surface area contributed by atoms with Crippen molar-refractivity contribution < 1.29 is 0 Å². The Hall–Kier alpha value is -1.32. The van der Waals surface area contributed by atoms with Crippen LogP contribution in [0.1, 0.15) is 43.9 Å². The number of likely N-dealkylation sites (N-methyl/N-ethyl adjacent to an activating group) is 1. The number of piperidine rings is 3. The largest absolute Gasteiger partial charge is 0.358 e. The molecule has 124 valence electrons. The Labute approximate surface area is 139 Å². The maximum atomic E-state index is 3.81. The van der Waals surface area contributed by atoms with Gasteiger partial charge in [-0.1, -0.05) is 25.1 Å². The first kappa shape index (κ1) is 15.2. The standard InChI is InChI=1S/C20H29N3/c1-3-21-14(2)12-17-16-6-4-5-7-19(16)22-20(17)18-13-23-10-8-15(18)9-11-23/h4-7,14-15,18,21-22H,3,8-13H2,1-2H3. The molecule has 3 saturated heterocycles. The molecule has 4 heterocycles. The quantitative estimate of drug-likeness (QED) is 0.885. The normalized spacial score (nSPS) is 28.3. The summed E-state index contributed by atoms with van der Waals surface area (Å²) in [5.74, 6) is 1.58. The van der Waals surface area contributed by atoms with Crippen molar-refractivity contribution in [3.8, 4) is 0 Å². The molecule has 1 aromatic heterocycles. The Morgan fingerprint density at radius 2 is 2.04 bits per heavy atom. The van der Waals surface area contributed by atoms with Crippen molar-refractivity contribution in [1.82, 2.24) is 15.2 Å². The lowest BCUT2D eigenvalue weighted by Crippen LogP contribution is -2.46. The molecule has 1 aromatic carbocycles. The van der Waals surface area contributed by atoms with Crippen molar-refractivity contribution in [3.63, 3.8) is 0 Å². The van der Waals surface area contributed by atoms with Crippen LogP contribution in [-0.4, -0.2) is 42.1 Å². The summed E-state index contributed by atoms with van der Waals surface area (Å²) in [6.07, 6.45) is 3.88. The Morgan fingerprint density at radius 3 is 2.74 bits per heavy atom. The topological polar surface area (TPSA) is 31.1 Å². The molecule has 0 radical (unpaired) electrons. The average molecular weight is 311 g/mol. The number of benzene rings is 1. The summed E-state index contributed by atoms with van der Waals surface area (Å²) < 4.78 is 0. The summed E-state index contributed by atoms with van der Waals surface area (Å²) in [7, 11) is 0. The first-order chi connectivity index (χ1) is 11.3. The van der Waals surface area contributed by atoms with E-state index in [4.69, 9.17) is 0 Å². The van der Waals surface area contributed by atoms with Gasteiger partial charge in [-0.05, 0) is 63.4 Å². The van der Waals surface area contributed by atoms with Gasteiger partial charge >= 0.3 is 0 Å². The number of fused-ring (bicyclic) bond motifs is 4. The van der Waals surface area contributed by atoms with Crippen LogP contribution < -0.4 is 5.32 Å². The van der Waals surface area contributed by atoms with E-state index in [2.05, 4.69) is 53.3 Å². The van der Waals surface area contributed by atoms with Gasteiger partial charge in [-0.15, -0.1) is 0 Å². The molecule has 3 heteroatoms. The van der Waals surface area contributed by atoms with E-state index in [9.17, 15) is 0 Å². The Balaban J connectivity index is 1.73. The minimum absolute atomic E-state index is 0.527. The number of nitrogens with one attached hydrogen (secondary N) is 2. The zero-order valence-corrected chi connectivity index (χ0v) is 14.4. The van der Waals surface area contributed by atoms with E-state index in [0.717, 1.165) is 18.9 Å². The van der Waals surface area contributed by atoms with Gasteiger partial charge in [0.2, 0.25) is 0 Å². The van der Waals surface area contributed by atoms with Crippen LogP contribution in [0.15, 0.2) is 24.3 Å². The van der Waals surface area contributed by atoms with Crippen LogP contribution in [0.4, 0.5) is 0 Å². The minimum Gasteiger partial charge on any atom is -0.358 e. The second-order valence-electron chi connectivity index (χ2n) is 7.47. The van der Waals surface area contributed by atoms with Crippen molar-refractivity contribution in [2.24, 2.45) is 5.92 Å². The Morgan fingerprint density at radius 1 is 1.26 bits per heavy atom. The second-order valence-corrected chi connectivity index (χ2v) is 7.47. The molecular formula is C20H29N3. The maximum Gasteiger partial charge on any atom is 0.0459 e. The summed E-state index contributed by atoms with van der Waals surface area (Å²) in [5.41, 5.74) is 4.41. The molecule has 3 aliphatic rings. The number of hydrogen-bond donors (Lipinski definition) is 2. The van der Waals surface area contributed by atoms with Crippen molar-refractivity contribution in [1.29, 1.82) is 0 Å². The summed E-state index contributed by atoms with van der Waals surface area (Å²) in [6, 6.07) is 9.39. The van der Waals surface area contributed by atoms with Crippen LogP contribution in [0, 0.1) is 5.92 Å². The molecule has 2 N–H and O–H groups in total. The van der Waals surface area contributed by atoms with Crippen LogP contribution in [0.5, 0.6) is 0 Å². The lowest BCUT2D eigenvalue weighted by molar-refractivity contribution is 0.0853. The van der Waals surface area contributed by atoms with Crippen molar-refractivity contribution in [2.45, 2.75) is 45.1 Å². The summed E-state index contributed by atoms with van der Waals surface area (Å²) in [5, 5.41) is 5.02. The Kier molecular flexibility index (Phi) is 4.16. The lowest BCUT2D eigenvalue weighted by Gasteiger charge is -2.45. The van der Waals surface area contributed by atoms with Gasteiger partial charge in [0.1, 0.15) is 0 Å². The Bertz CT molecular complexity index is 667. The highest BCUT2D eigenvalue weighted by Gasteiger charge is 2.37. The van der Waals surface area contributed by atoms with Gasteiger partial charge in [0.15, 0.2) is 0 Å². The van der Waals surface area contributed by atoms with Crippen LogP contribution in [0.2, 0.25) is 0 Å². The number of aromatic nitrogens is 1. The summed E-state index contributed by atoms with van der Waals surface area (Å²) in [6.45, 7) is 9.42. The van der Waals surface area contributed by atoms with Gasteiger partial charge in [0, 0.05) is 35.1 Å². The van der Waals surface area contributed by atoms with Crippen LogP contribution in [0.3, 0.4) is 0 Å². The molecule has 23 heavy (non-hydrogen) atoms. The second kappa shape index (κ2) is 6.29. The van der Waals surface area contributed by atoms with Gasteiger partial charge < -0.3 is 15.2 Å². The van der Waals surface area contributed by atoms with Crippen molar-refractivity contribution in [3.05, 3.63) is 35.5 Å². The molecule has 0 saturated carbocycles. The molecule has 0 amide bonds. The molecule has 3 aliphatic heterocycles. The highest BCUT2D eigenvalue weighted by molar-refractivity contribution is 5.85. The molecule has 2 atom stereocenters. The third kappa shape index (κ3) is 2.81. The number of hydrogen-bond acceptors (Lipinski definition) is 2. The highest BCUT2D eigenvalue weighted by Crippen LogP contribution is 2.41. The van der Waals surface area contributed by atoms with Gasteiger partial charge in [-0.25, -0.2) is 0 Å². The van der Waals surface area contributed by atoms with Gasteiger partial charge in [-0.3, -0.25) is 0 Å². The molecule has 5 rings (SSSR count). The number of para-hydroxylation sites is 1. The van der Waals surface area contributed by atoms with Gasteiger partial charge in [-0.2, -0.15) is 0 Å². The predicted octanol–water partition coefficient (Wildman–Crippen LogP) is 3.52. The zero-order valence-electron chi connectivity index (χ0n) is 14.4. The fourth-order valence-electron chi connectivity index (χ4n) is 4.78. The van der Waals surface area contributed by atoms with Crippen molar-refractivity contribution in [2.75, 3.05) is 26.2 Å². The van der Waals surface area contributed by atoms with E-state index >= 15 is 0 Å². The highest BCUT2D eigenvalue weighted by atomic mass is 15.1. The average Bonchev–Trinajstić information content (AvgIpc) is 2.95. The van der Waals surface area contributed by atoms with E-state index in [1.807, 2.05) is 0 Å². The molecule has 0 spiro atoms. The van der Waals surface area contributed by atoms with E-state index < -0.39 is 0 Å². The monoisotopic (exact) mass is 311 g/mol. The minimum atomic E-state index is 0.527. The molecule has 2 bridgehead atoms. The maximum absolute atomic E-state index is 3.81. The number of rotatable bonds is 5. The first-order valence-electron chi connectivity index (χ1n) is 9.31. The van der Waals surface area contributed by atoms with Crippen LogP contribution >= 0.6 is 0 Å². The summed E-state index contributed by atoms with van der Waals surface area (Å²) in [4.78, 5) is 6.47. The van der Waals surface area contributed by atoms with E-state index in [-0.39, 0.29) is 0 Å². The SMILES string of the molecule is CCNC(C)Cc1c(C2CN3CCC2CC3)[nH]c2ccccc12. The van der Waals surface area contributed by atoms with Gasteiger partial charge in [0.05, 0.1) is 0 Å². The smallest absolute Gasteiger partial charge is 0.0459 e. The van der Waals surface area contributed by atoms with E-state index in [1.54, 1.807) is 5.56 Å². The molecule has 2 unspecified atom stereocenters. The molecule has 3 fully saturated rings. The third-order valence-corrected chi connectivity index (χ3v) is 5.94. The van der Waals surface area contributed by atoms with Crippen LogP contribution in [-0.2, 0) is 6.42 Å². The summed E-state index contributed by atoms with van der Waals surface area (Å²) >= 11 is 0. The van der Waals surface area contributed by atoms with E-state index in [0.29, 0.717) is 12.0 Å². The fraction of sp³-hybridized carbons (Fsp3) is 0.600. The lowest BCUT2D eigenvalue weighted by atomic mass is 9.76. The number of aromatic amines is 1. The molecule has 2 aromatic rings. The van der Waals surface area contributed by atoms with E-state index in [1.165, 1.54) is 49.1 Å². The van der Waals surface area contributed by atoms with Gasteiger partial charge in [0.25, 0.3) is 0 Å². The zero-order chi connectivity index (χ0) is 15.8. The van der Waals surface area contributed by atoms with Crippen LogP contribution in [0.25, 0.3) is 10.9 Å². The first-order valence-corrected chi connectivity index (χ1v) is 9.31. The molecular weight excluding hydrogens is 282 g/mol. The fourth-order valence-corrected chi connectivity index (χ4v) is 4.78.